The zero-order valence-corrected chi connectivity index (χ0v) is 19.8. The predicted octanol–water partition coefficient (Wildman–Crippen LogP) is 4.22. The Hall–Kier alpha value is -1.43. The Morgan fingerprint density at radius 1 is 1.25 bits per heavy atom. The van der Waals surface area contributed by atoms with E-state index in [0.717, 1.165) is 24.0 Å². The molecule has 0 aromatic rings. The zero-order chi connectivity index (χ0) is 23.3. The molecule has 1 aliphatic heterocycles. The number of fused-ring (bicyclic) bond motifs is 1. The van der Waals surface area contributed by atoms with Crippen molar-refractivity contribution in [2.24, 2.45) is 23.2 Å². The van der Waals surface area contributed by atoms with Gasteiger partial charge < -0.3 is 20.1 Å². The van der Waals surface area contributed by atoms with Crippen LogP contribution in [0.3, 0.4) is 0 Å². The molecule has 2 unspecified atom stereocenters. The molecule has 5 nitrogen and oxygen atoms in total. The van der Waals surface area contributed by atoms with Gasteiger partial charge in [0.25, 0.3) is 0 Å². The number of esters is 1. The summed E-state index contributed by atoms with van der Waals surface area (Å²) in [7, 11) is 0. The summed E-state index contributed by atoms with van der Waals surface area (Å²) in [5.74, 6) is 1.06. The number of carbonyl (C=O) groups excluding carboxylic acids is 1. The van der Waals surface area contributed by atoms with Gasteiger partial charge in [0.1, 0.15) is 6.10 Å². The van der Waals surface area contributed by atoms with E-state index in [9.17, 15) is 20.1 Å². The van der Waals surface area contributed by atoms with E-state index in [2.05, 4.69) is 32.6 Å². The minimum atomic E-state index is -1.34. The van der Waals surface area contributed by atoms with Crippen LogP contribution in [0.5, 0.6) is 0 Å². The van der Waals surface area contributed by atoms with Crippen LogP contribution in [0.15, 0.2) is 35.5 Å². The van der Waals surface area contributed by atoms with Crippen LogP contribution in [0.4, 0.5) is 0 Å². The monoisotopic (exact) mass is 444 g/mol. The number of rotatable bonds is 4. The van der Waals surface area contributed by atoms with E-state index in [0.29, 0.717) is 37.0 Å². The average molecular weight is 445 g/mol. The van der Waals surface area contributed by atoms with Gasteiger partial charge in [0.15, 0.2) is 5.60 Å². The summed E-state index contributed by atoms with van der Waals surface area (Å²) in [4.78, 5) is 11.9. The Morgan fingerprint density at radius 2 is 2.00 bits per heavy atom. The summed E-state index contributed by atoms with van der Waals surface area (Å²) in [6.07, 6.45) is 11.0. The SMILES string of the molecule is C=C1/C(=C\C=C2/CCC[C@]3(C)[C@@H]([C@H](C)CC4CC(C)(O)C(=O)O4)CC[C@@H]23)C[C@@H](O)C[C@@H]1O. The number of cyclic esters (lactones) is 1. The molecular weight excluding hydrogens is 404 g/mol. The normalized spacial score (nSPS) is 45.9. The predicted molar refractivity (Wildman–Crippen MR) is 124 cm³/mol. The molecule has 3 saturated carbocycles. The first kappa shape index (κ1) is 23.7. The van der Waals surface area contributed by atoms with Gasteiger partial charge in [0.2, 0.25) is 0 Å². The minimum Gasteiger partial charge on any atom is -0.460 e. The number of hydrogen-bond donors (Lipinski definition) is 3. The summed E-state index contributed by atoms with van der Waals surface area (Å²) in [5.41, 5.74) is 2.08. The van der Waals surface area contributed by atoms with E-state index in [1.807, 2.05) is 0 Å². The molecule has 0 radical (unpaired) electrons. The van der Waals surface area contributed by atoms with E-state index in [1.54, 1.807) is 6.92 Å². The lowest BCUT2D eigenvalue weighted by atomic mass is 9.60. The van der Waals surface area contributed by atoms with Gasteiger partial charge in [0.05, 0.1) is 12.2 Å². The van der Waals surface area contributed by atoms with E-state index in [4.69, 9.17) is 4.74 Å². The maximum absolute atomic E-state index is 11.9. The number of carbonyl (C=O) groups is 1. The van der Waals surface area contributed by atoms with Crippen LogP contribution in [0.2, 0.25) is 0 Å². The molecule has 178 valence electrons. The molecule has 3 aliphatic carbocycles. The highest BCUT2D eigenvalue weighted by Gasteiger charge is 2.52. The zero-order valence-electron chi connectivity index (χ0n) is 19.8. The molecule has 1 heterocycles. The number of hydrogen-bond acceptors (Lipinski definition) is 5. The minimum absolute atomic E-state index is 0.186. The van der Waals surface area contributed by atoms with Crippen molar-refractivity contribution in [3.63, 3.8) is 0 Å². The lowest BCUT2D eigenvalue weighted by Crippen LogP contribution is -2.36. The quantitative estimate of drug-likeness (QED) is 0.565. The highest BCUT2D eigenvalue weighted by atomic mass is 16.6. The van der Waals surface area contributed by atoms with Gasteiger partial charge in [-0.05, 0) is 86.2 Å². The fraction of sp³-hybridized carbons (Fsp3) is 0.741. The van der Waals surface area contributed by atoms with Gasteiger partial charge in [-0.3, -0.25) is 0 Å². The molecule has 0 bridgehead atoms. The van der Waals surface area contributed by atoms with Crippen molar-refractivity contribution in [3.05, 3.63) is 35.5 Å². The standard InChI is InChI=1S/C27H40O5/c1-16(12-21-15-27(4,31)25(30)32-21)22-9-10-23-18(6-5-11-26(22,23)3)7-8-19-13-20(28)14-24(29)17(19)2/h7-8,16,20-24,28-29,31H,2,5-6,9-15H2,1,3-4H3/b18-7+,19-8-/t16-,20-,21?,22-,23+,24+,26-,27?/m1/s1. The molecule has 0 aromatic heterocycles. The molecule has 8 atom stereocenters. The highest BCUT2D eigenvalue weighted by Crippen LogP contribution is 2.60. The third-order valence-corrected chi connectivity index (χ3v) is 8.96. The molecule has 0 aromatic carbocycles. The maximum Gasteiger partial charge on any atom is 0.338 e. The summed E-state index contributed by atoms with van der Waals surface area (Å²) < 4.78 is 5.47. The first-order chi connectivity index (χ1) is 15.0. The molecule has 3 N–H and O–H groups in total. The third-order valence-electron chi connectivity index (χ3n) is 8.96. The van der Waals surface area contributed by atoms with Crippen molar-refractivity contribution >= 4 is 5.97 Å². The van der Waals surface area contributed by atoms with Gasteiger partial charge in [-0.15, -0.1) is 0 Å². The Balaban J connectivity index is 1.47. The van der Waals surface area contributed by atoms with Crippen LogP contribution in [0, 0.1) is 23.2 Å². The average Bonchev–Trinajstić information content (AvgIpc) is 3.18. The topological polar surface area (TPSA) is 87.0 Å². The Bertz CT molecular complexity index is 824. The van der Waals surface area contributed by atoms with Crippen molar-refractivity contribution < 1.29 is 24.9 Å². The van der Waals surface area contributed by atoms with Crippen molar-refractivity contribution in [2.45, 2.75) is 102 Å². The van der Waals surface area contributed by atoms with E-state index in [-0.39, 0.29) is 11.5 Å². The second kappa shape index (κ2) is 8.73. The van der Waals surface area contributed by atoms with Gasteiger partial charge >= 0.3 is 5.97 Å². The number of allylic oxidation sites excluding steroid dienone is 3. The molecule has 4 rings (SSSR count). The molecule has 0 amide bonds. The maximum atomic E-state index is 11.9. The molecule has 0 spiro atoms. The third kappa shape index (κ3) is 4.36. The lowest BCUT2D eigenvalue weighted by Gasteiger charge is -2.44. The van der Waals surface area contributed by atoms with Crippen LogP contribution in [0.25, 0.3) is 0 Å². The van der Waals surface area contributed by atoms with Crippen LogP contribution in [-0.4, -0.2) is 45.2 Å². The number of aliphatic hydroxyl groups is 3. The summed E-state index contributed by atoms with van der Waals surface area (Å²) in [6, 6.07) is 0. The van der Waals surface area contributed by atoms with Crippen molar-refractivity contribution in [1.29, 1.82) is 0 Å². The van der Waals surface area contributed by atoms with E-state index < -0.39 is 23.8 Å². The second-order valence-electron chi connectivity index (χ2n) is 11.4. The Labute approximate surface area is 192 Å². The summed E-state index contributed by atoms with van der Waals surface area (Å²) in [6.45, 7) is 10.3. The molecule has 32 heavy (non-hydrogen) atoms. The van der Waals surface area contributed by atoms with E-state index >= 15 is 0 Å². The first-order valence-electron chi connectivity index (χ1n) is 12.4. The van der Waals surface area contributed by atoms with Crippen molar-refractivity contribution in [3.8, 4) is 0 Å². The van der Waals surface area contributed by atoms with Gasteiger partial charge in [-0.2, -0.15) is 0 Å². The molecule has 4 aliphatic rings. The van der Waals surface area contributed by atoms with Crippen LogP contribution in [0.1, 0.15) is 78.6 Å². The van der Waals surface area contributed by atoms with Crippen LogP contribution in [-0.2, 0) is 9.53 Å². The Morgan fingerprint density at radius 3 is 2.69 bits per heavy atom. The van der Waals surface area contributed by atoms with Gasteiger partial charge in [-0.1, -0.05) is 38.2 Å². The fourth-order valence-corrected chi connectivity index (χ4v) is 7.24. The summed E-state index contributed by atoms with van der Waals surface area (Å²) >= 11 is 0. The summed E-state index contributed by atoms with van der Waals surface area (Å²) in [5, 5.41) is 30.4. The van der Waals surface area contributed by atoms with E-state index in [1.165, 1.54) is 31.3 Å². The second-order valence-corrected chi connectivity index (χ2v) is 11.4. The van der Waals surface area contributed by atoms with Crippen molar-refractivity contribution in [1.82, 2.24) is 0 Å². The smallest absolute Gasteiger partial charge is 0.338 e. The molecular formula is C27H40O5. The number of ether oxygens (including phenoxy) is 1. The highest BCUT2D eigenvalue weighted by molar-refractivity contribution is 5.80. The molecule has 1 saturated heterocycles. The Kier molecular flexibility index (Phi) is 6.47. The lowest BCUT2D eigenvalue weighted by molar-refractivity contribution is -0.154. The fourth-order valence-electron chi connectivity index (χ4n) is 7.24. The van der Waals surface area contributed by atoms with Crippen LogP contribution >= 0.6 is 0 Å². The van der Waals surface area contributed by atoms with Crippen LogP contribution < -0.4 is 0 Å². The van der Waals surface area contributed by atoms with Gasteiger partial charge in [0, 0.05) is 12.8 Å². The molecule has 5 heteroatoms. The largest absolute Gasteiger partial charge is 0.460 e. The number of aliphatic hydroxyl groups excluding tert-OH is 2. The molecule has 4 fully saturated rings. The van der Waals surface area contributed by atoms with Crippen molar-refractivity contribution in [2.75, 3.05) is 0 Å². The van der Waals surface area contributed by atoms with Gasteiger partial charge in [-0.25, -0.2) is 4.79 Å². The first-order valence-corrected chi connectivity index (χ1v) is 12.4.